The van der Waals surface area contributed by atoms with Crippen molar-refractivity contribution < 1.29 is 0 Å². The van der Waals surface area contributed by atoms with Crippen LogP contribution in [-0.2, 0) is 6.54 Å². The molecule has 0 aromatic heterocycles. The molecule has 2 aromatic carbocycles. The summed E-state index contributed by atoms with van der Waals surface area (Å²) < 4.78 is 2.32. The van der Waals surface area contributed by atoms with E-state index >= 15 is 0 Å². The molecule has 1 nitrogen and oxygen atoms in total. The SMILES string of the molecule is c1ccc(N2Cc3ccccc3S2)cc1. The van der Waals surface area contributed by atoms with Crippen molar-refractivity contribution in [3.63, 3.8) is 0 Å². The molecule has 1 heterocycles. The lowest BCUT2D eigenvalue weighted by Crippen LogP contribution is -2.06. The molecular weight excluding hydrogens is 202 g/mol. The van der Waals surface area contributed by atoms with Gasteiger partial charge in [-0.15, -0.1) is 0 Å². The van der Waals surface area contributed by atoms with Crippen LogP contribution in [0.15, 0.2) is 59.5 Å². The molecule has 0 atom stereocenters. The summed E-state index contributed by atoms with van der Waals surface area (Å²) in [6.07, 6.45) is 0. The van der Waals surface area contributed by atoms with E-state index in [1.807, 2.05) is 11.9 Å². The summed E-state index contributed by atoms with van der Waals surface area (Å²) >= 11 is 1.82. The molecule has 0 fully saturated rings. The number of hydrogen-bond donors (Lipinski definition) is 0. The normalized spacial score (nSPS) is 14.0. The summed E-state index contributed by atoms with van der Waals surface area (Å²) in [6.45, 7) is 1.00. The van der Waals surface area contributed by atoms with Crippen LogP contribution in [0.3, 0.4) is 0 Å². The Labute approximate surface area is 93.9 Å². The van der Waals surface area contributed by atoms with Gasteiger partial charge in [-0.2, -0.15) is 0 Å². The predicted molar refractivity (Wildman–Crippen MR) is 64.9 cm³/mol. The Bertz CT molecular complexity index is 442. The third-order valence-corrected chi connectivity index (χ3v) is 3.69. The molecule has 0 radical (unpaired) electrons. The van der Waals surface area contributed by atoms with Gasteiger partial charge in [-0.1, -0.05) is 36.4 Å². The van der Waals surface area contributed by atoms with Gasteiger partial charge in [0.25, 0.3) is 0 Å². The topological polar surface area (TPSA) is 3.24 Å². The van der Waals surface area contributed by atoms with E-state index in [0.717, 1.165) is 6.54 Å². The molecule has 3 rings (SSSR count). The molecule has 0 N–H and O–H groups in total. The average molecular weight is 213 g/mol. The summed E-state index contributed by atoms with van der Waals surface area (Å²) in [5, 5.41) is 0. The van der Waals surface area contributed by atoms with Crippen LogP contribution in [0.2, 0.25) is 0 Å². The van der Waals surface area contributed by atoms with Crippen LogP contribution in [0, 0.1) is 0 Å². The van der Waals surface area contributed by atoms with Crippen LogP contribution in [0.4, 0.5) is 5.69 Å². The minimum Gasteiger partial charge on any atom is -0.308 e. The Balaban J connectivity index is 1.91. The van der Waals surface area contributed by atoms with E-state index in [1.54, 1.807) is 0 Å². The molecule has 0 aliphatic carbocycles. The minimum absolute atomic E-state index is 1.00. The number of benzene rings is 2. The molecule has 0 bridgehead atoms. The molecule has 0 saturated heterocycles. The third-order valence-electron chi connectivity index (χ3n) is 2.54. The van der Waals surface area contributed by atoms with E-state index in [9.17, 15) is 0 Å². The summed E-state index contributed by atoms with van der Waals surface area (Å²) in [5.74, 6) is 0. The Morgan fingerprint density at radius 2 is 1.60 bits per heavy atom. The Kier molecular flexibility index (Phi) is 2.14. The summed E-state index contributed by atoms with van der Waals surface area (Å²) in [6, 6.07) is 19.1. The standard InChI is InChI=1S/C13H11NS/c1-2-7-12(8-3-1)14-10-11-6-4-5-9-13(11)15-14/h1-9H,10H2. The number of fused-ring (bicyclic) bond motifs is 1. The van der Waals surface area contributed by atoms with Gasteiger partial charge in [-0.25, -0.2) is 0 Å². The maximum Gasteiger partial charge on any atom is 0.0561 e. The zero-order chi connectivity index (χ0) is 10.1. The predicted octanol–water partition coefficient (Wildman–Crippen LogP) is 3.71. The first-order valence-corrected chi connectivity index (χ1v) is 5.79. The lowest BCUT2D eigenvalue weighted by atomic mass is 10.2. The Hall–Kier alpha value is -1.41. The number of nitrogens with zero attached hydrogens (tertiary/aromatic N) is 1. The second-order valence-corrected chi connectivity index (χ2v) is 4.63. The molecular formula is C13H11NS. The van der Waals surface area contributed by atoms with Gasteiger partial charge in [0, 0.05) is 10.6 Å². The fraction of sp³-hybridized carbons (Fsp3) is 0.0769. The van der Waals surface area contributed by atoms with E-state index in [-0.39, 0.29) is 0 Å². The quantitative estimate of drug-likeness (QED) is 0.664. The van der Waals surface area contributed by atoms with Gasteiger partial charge in [-0.3, -0.25) is 0 Å². The van der Waals surface area contributed by atoms with Gasteiger partial charge < -0.3 is 4.31 Å². The zero-order valence-corrected chi connectivity index (χ0v) is 9.08. The van der Waals surface area contributed by atoms with Gasteiger partial charge in [0.2, 0.25) is 0 Å². The molecule has 0 saturated carbocycles. The van der Waals surface area contributed by atoms with Crippen molar-refractivity contribution in [1.29, 1.82) is 0 Å². The molecule has 15 heavy (non-hydrogen) atoms. The van der Waals surface area contributed by atoms with Crippen molar-refractivity contribution >= 4 is 17.6 Å². The van der Waals surface area contributed by atoms with Crippen LogP contribution in [0.5, 0.6) is 0 Å². The first kappa shape index (κ1) is 8.86. The van der Waals surface area contributed by atoms with Crippen molar-refractivity contribution in [2.75, 3.05) is 4.31 Å². The third kappa shape index (κ3) is 1.61. The Morgan fingerprint density at radius 1 is 0.867 bits per heavy atom. The molecule has 1 aliphatic rings. The molecule has 2 aromatic rings. The van der Waals surface area contributed by atoms with Crippen molar-refractivity contribution in [2.45, 2.75) is 11.4 Å². The van der Waals surface area contributed by atoms with Gasteiger partial charge >= 0.3 is 0 Å². The fourth-order valence-corrected chi connectivity index (χ4v) is 2.82. The molecule has 1 aliphatic heterocycles. The van der Waals surface area contributed by atoms with Crippen molar-refractivity contribution in [3.8, 4) is 0 Å². The summed E-state index contributed by atoms with van der Waals surface area (Å²) in [4.78, 5) is 1.38. The van der Waals surface area contributed by atoms with Crippen molar-refractivity contribution in [2.24, 2.45) is 0 Å². The van der Waals surface area contributed by atoms with Gasteiger partial charge in [0.1, 0.15) is 0 Å². The average Bonchev–Trinajstić information content (AvgIpc) is 2.74. The van der Waals surface area contributed by atoms with Crippen LogP contribution in [-0.4, -0.2) is 0 Å². The van der Waals surface area contributed by atoms with Crippen LogP contribution in [0.1, 0.15) is 5.56 Å². The second kappa shape index (κ2) is 3.63. The largest absolute Gasteiger partial charge is 0.308 e. The Morgan fingerprint density at radius 3 is 2.40 bits per heavy atom. The fourth-order valence-electron chi connectivity index (χ4n) is 1.77. The van der Waals surface area contributed by atoms with Crippen molar-refractivity contribution in [3.05, 3.63) is 60.2 Å². The molecule has 2 heteroatoms. The highest BCUT2D eigenvalue weighted by atomic mass is 32.2. The summed E-state index contributed by atoms with van der Waals surface area (Å²) in [5.41, 5.74) is 2.70. The first-order chi connectivity index (χ1) is 7.43. The highest BCUT2D eigenvalue weighted by Crippen LogP contribution is 2.38. The monoisotopic (exact) mass is 213 g/mol. The van der Waals surface area contributed by atoms with Gasteiger partial charge in [0.15, 0.2) is 0 Å². The highest BCUT2D eigenvalue weighted by molar-refractivity contribution is 8.01. The summed E-state index contributed by atoms with van der Waals surface area (Å²) in [7, 11) is 0. The molecule has 0 spiro atoms. The van der Waals surface area contributed by atoms with Gasteiger partial charge in [0.05, 0.1) is 6.54 Å². The van der Waals surface area contributed by atoms with E-state index in [0.29, 0.717) is 0 Å². The molecule has 0 unspecified atom stereocenters. The van der Waals surface area contributed by atoms with E-state index < -0.39 is 0 Å². The number of hydrogen-bond acceptors (Lipinski definition) is 2. The molecule has 74 valence electrons. The number of anilines is 1. The van der Waals surface area contributed by atoms with Crippen LogP contribution < -0.4 is 4.31 Å². The van der Waals surface area contributed by atoms with E-state index in [1.165, 1.54) is 16.1 Å². The van der Waals surface area contributed by atoms with E-state index in [4.69, 9.17) is 0 Å². The number of rotatable bonds is 1. The second-order valence-electron chi connectivity index (χ2n) is 3.57. The maximum absolute atomic E-state index is 2.32. The lowest BCUT2D eigenvalue weighted by molar-refractivity contribution is 1.06. The van der Waals surface area contributed by atoms with Crippen molar-refractivity contribution in [1.82, 2.24) is 0 Å². The highest BCUT2D eigenvalue weighted by Gasteiger charge is 2.19. The van der Waals surface area contributed by atoms with Crippen LogP contribution >= 0.6 is 11.9 Å². The van der Waals surface area contributed by atoms with Crippen LogP contribution in [0.25, 0.3) is 0 Å². The van der Waals surface area contributed by atoms with E-state index in [2.05, 4.69) is 58.9 Å². The smallest absolute Gasteiger partial charge is 0.0561 e. The first-order valence-electron chi connectivity index (χ1n) is 5.02. The molecule has 0 amide bonds. The maximum atomic E-state index is 2.32. The number of para-hydroxylation sites is 1. The van der Waals surface area contributed by atoms with Gasteiger partial charge in [-0.05, 0) is 35.7 Å². The zero-order valence-electron chi connectivity index (χ0n) is 8.26. The lowest BCUT2D eigenvalue weighted by Gasteiger charge is -2.15. The minimum atomic E-state index is 1.00.